The van der Waals surface area contributed by atoms with Crippen LogP contribution in [-0.2, 0) is 4.74 Å². The molecule has 2 saturated heterocycles. The van der Waals surface area contributed by atoms with Crippen LogP contribution in [0, 0.1) is 17.1 Å². The van der Waals surface area contributed by atoms with E-state index < -0.39 is 17.4 Å². The van der Waals surface area contributed by atoms with Crippen LogP contribution in [0.5, 0.6) is 0 Å². The minimum Gasteiger partial charge on any atom is -0.442 e. The predicted octanol–water partition coefficient (Wildman–Crippen LogP) is 3.46. The second kappa shape index (κ2) is 9.58. The number of carbonyl (C=O) groups is 1. The van der Waals surface area contributed by atoms with E-state index in [2.05, 4.69) is 21.7 Å². The molecule has 0 radical (unpaired) electrons. The Morgan fingerprint density at radius 2 is 2.18 bits per heavy atom. The number of rotatable bonds is 6. The summed E-state index contributed by atoms with van der Waals surface area (Å²) in [5.74, 6) is -0.415. The minimum absolute atomic E-state index is 0.321. The third-order valence-corrected chi connectivity index (χ3v) is 6.06. The zero-order valence-electron chi connectivity index (χ0n) is 18.3. The number of aromatic nitrogens is 1. The van der Waals surface area contributed by atoms with Crippen molar-refractivity contribution >= 4 is 40.4 Å². The largest absolute Gasteiger partial charge is 0.442 e. The molecule has 1 amide bonds. The Morgan fingerprint density at radius 3 is 2.82 bits per heavy atom. The molecule has 2 aliphatic rings. The zero-order valence-corrected chi connectivity index (χ0v) is 19.1. The maximum Gasteiger partial charge on any atom is 0.414 e. The first-order chi connectivity index (χ1) is 15.9. The van der Waals surface area contributed by atoms with E-state index >= 15 is 4.39 Å². The number of nitriles is 1. The van der Waals surface area contributed by atoms with Crippen LogP contribution in [-0.4, -0.2) is 53.9 Å². The fraction of sp³-hybridized carbons (Fsp3) is 0.391. The summed E-state index contributed by atoms with van der Waals surface area (Å²) in [5, 5.41) is 16.1. The summed E-state index contributed by atoms with van der Waals surface area (Å²) < 4.78 is 20.4. The zero-order chi connectivity index (χ0) is 23.4. The molecule has 1 aromatic heterocycles. The number of hydrogen-bond donors (Lipinski definition) is 2. The van der Waals surface area contributed by atoms with Crippen LogP contribution in [0.3, 0.4) is 0 Å². The van der Waals surface area contributed by atoms with Gasteiger partial charge in [-0.1, -0.05) is 12.2 Å². The number of carbonyl (C=O) groups excluding carboxylic acids is 1. The van der Waals surface area contributed by atoms with E-state index in [1.54, 1.807) is 31.5 Å². The van der Waals surface area contributed by atoms with Crippen LogP contribution in [0.2, 0.25) is 0 Å². The van der Waals surface area contributed by atoms with Gasteiger partial charge >= 0.3 is 6.09 Å². The van der Waals surface area contributed by atoms with Gasteiger partial charge in [0.05, 0.1) is 41.2 Å². The van der Waals surface area contributed by atoms with Crippen molar-refractivity contribution in [3.63, 3.8) is 0 Å². The van der Waals surface area contributed by atoms with Gasteiger partial charge in [0.15, 0.2) is 0 Å². The highest BCUT2D eigenvalue weighted by atomic mass is 32.1. The van der Waals surface area contributed by atoms with Crippen LogP contribution in [0.25, 0.3) is 0 Å². The molecule has 0 unspecified atom stereocenters. The third-order valence-electron chi connectivity index (χ3n) is 5.91. The second-order valence-corrected chi connectivity index (χ2v) is 8.85. The van der Waals surface area contributed by atoms with Crippen LogP contribution < -0.4 is 20.4 Å². The lowest BCUT2D eigenvalue weighted by Crippen LogP contribution is -2.48. The van der Waals surface area contributed by atoms with Gasteiger partial charge in [0.2, 0.25) is 0 Å². The maximum atomic E-state index is 15.0. The maximum absolute atomic E-state index is 15.0. The van der Waals surface area contributed by atoms with Crippen LogP contribution in [0.1, 0.15) is 19.8 Å². The smallest absolute Gasteiger partial charge is 0.414 e. The van der Waals surface area contributed by atoms with Crippen molar-refractivity contribution in [3.8, 4) is 6.07 Å². The SMILES string of the molecule is CC(=S)NC[C@H]1CN(c2ccc(N3CCC(C#N)(Nc4cccnc4)CC3)c(F)c2)C(=O)O1. The quantitative estimate of drug-likeness (QED) is 0.623. The van der Waals surface area contributed by atoms with E-state index in [1.807, 2.05) is 17.0 Å². The molecule has 2 aromatic rings. The predicted molar refractivity (Wildman–Crippen MR) is 128 cm³/mol. The summed E-state index contributed by atoms with van der Waals surface area (Å²) in [6, 6.07) is 10.8. The minimum atomic E-state index is -0.723. The molecule has 33 heavy (non-hydrogen) atoms. The fourth-order valence-corrected chi connectivity index (χ4v) is 4.21. The van der Waals surface area contributed by atoms with E-state index in [-0.39, 0.29) is 6.10 Å². The van der Waals surface area contributed by atoms with E-state index in [9.17, 15) is 10.1 Å². The Kier molecular flexibility index (Phi) is 6.60. The van der Waals surface area contributed by atoms with Gasteiger partial charge in [0, 0.05) is 38.3 Å². The van der Waals surface area contributed by atoms with Crippen molar-refractivity contribution in [1.29, 1.82) is 5.26 Å². The number of ether oxygens (including phenoxy) is 1. The Morgan fingerprint density at radius 1 is 1.39 bits per heavy atom. The second-order valence-electron chi connectivity index (χ2n) is 8.24. The van der Waals surface area contributed by atoms with Gasteiger partial charge in [-0.05, 0) is 37.3 Å². The van der Waals surface area contributed by atoms with Gasteiger partial charge in [-0.3, -0.25) is 9.88 Å². The summed E-state index contributed by atoms with van der Waals surface area (Å²) in [7, 11) is 0. The van der Waals surface area contributed by atoms with Gasteiger partial charge in [-0.15, -0.1) is 0 Å². The summed E-state index contributed by atoms with van der Waals surface area (Å²) in [5.41, 5.74) is 0.965. The van der Waals surface area contributed by atoms with Crippen molar-refractivity contribution in [1.82, 2.24) is 10.3 Å². The van der Waals surface area contributed by atoms with E-state index in [0.717, 1.165) is 5.69 Å². The molecule has 1 aromatic carbocycles. The number of cyclic esters (lactones) is 1. The van der Waals surface area contributed by atoms with Crippen LogP contribution in [0.4, 0.5) is 26.2 Å². The highest BCUT2D eigenvalue weighted by Gasteiger charge is 2.36. The standard InChI is InChI=1S/C23H25FN6O2S/c1-16(33)27-13-19-14-30(22(31)32-19)18-4-5-21(20(24)11-18)29-9-6-23(15-25,7-10-29)28-17-3-2-8-26-12-17/h2-5,8,11-12,19,28H,6-7,9-10,13-14H2,1H3,(H,27,33)/t19-/m0/s1. The number of nitrogens with zero attached hydrogens (tertiary/aromatic N) is 4. The molecule has 2 N–H and O–H groups in total. The van der Waals surface area contributed by atoms with Gasteiger partial charge < -0.3 is 20.3 Å². The number of anilines is 3. The number of piperidine rings is 1. The topological polar surface area (TPSA) is 93.5 Å². The van der Waals surface area contributed by atoms with Crippen molar-refractivity contribution < 1.29 is 13.9 Å². The molecule has 8 nitrogen and oxygen atoms in total. The molecule has 2 fully saturated rings. The summed E-state index contributed by atoms with van der Waals surface area (Å²) in [6.07, 6.45) is 3.57. The van der Waals surface area contributed by atoms with E-state index in [4.69, 9.17) is 17.0 Å². The molecule has 0 bridgehead atoms. The Bertz CT molecular complexity index is 1070. The van der Waals surface area contributed by atoms with Gasteiger partial charge in [0.1, 0.15) is 17.5 Å². The van der Waals surface area contributed by atoms with Crippen LogP contribution in [0.15, 0.2) is 42.7 Å². The molecular weight excluding hydrogens is 443 g/mol. The van der Waals surface area contributed by atoms with Gasteiger partial charge in [-0.25, -0.2) is 9.18 Å². The average Bonchev–Trinajstić information content (AvgIpc) is 3.19. The summed E-state index contributed by atoms with van der Waals surface area (Å²) >= 11 is 4.99. The number of halogens is 1. The first kappa shape index (κ1) is 22.7. The number of nitrogens with one attached hydrogen (secondary N) is 2. The average molecular weight is 469 g/mol. The lowest BCUT2D eigenvalue weighted by Gasteiger charge is -2.39. The normalized spacial score (nSPS) is 19.5. The molecule has 2 aliphatic heterocycles. The van der Waals surface area contributed by atoms with Gasteiger partial charge in [-0.2, -0.15) is 5.26 Å². The lowest BCUT2D eigenvalue weighted by atomic mass is 9.88. The molecule has 10 heteroatoms. The highest BCUT2D eigenvalue weighted by molar-refractivity contribution is 7.80. The first-order valence-corrected chi connectivity index (χ1v) is 11.2. The van der Waals surface area contributed by atoms with E-state index in [1.165, 1.54) is 11.0 Å². The number of thiocarbonyl (C=S) groups is 1. The Labute approximate surface area is 197 Å². The van der Waals surface area contributed by atoms with Gasteiger partial charge in [0.25, 0.3) is 0 Å². The molecule has 0 aliphatic carbocycles. The molecule has 172 valence electrons. The van der Waals surface area contributed by atoms with Crippen molar-refractivity contribution in [2.45, 2.75) is 31.4 Å². The molecule has 0 spiro atoms. The first-order valence-electron chi connectivity index (χ1n) is 10.8. The molecular formula is C23H25FN6O2S. The summed E-state index contributed by atoms with van der Waals surface area (Å²) in [6.45, 7) is 3.54. The summed E-state index contributed by atoms with van der Waals surface area (Å²) in [4.78, 5) is 20.3. The number of amides is 1. The molecule has 4 rings (SSSR count). The van der Waals surface area contributed by atoms with Crippen LogP contribution >= 0.6 is 12.2 Å². The van der Waals surface area contributed by atoms with Crippen molar-refractivity contribution in [3.05, 3.63) is 48.5 Å². The number of pyridine rings is 1. The molecule has 1 atom stereocenters. The van der Waals surface area contributed by atoms with Crippen molar-refractivity contribution in [2.75, 3.05) is 41.3 Å². The van der Waals surface area contributed by atoms with Crippen molar-refractivity contribution in [2.24, 2.45) is 0 Å². The Hall–Kier alpha value is -3.45. The molecule has 0 saturated carbocycles. The lowest BCUT2D eigenvalue weighted by molar-refractivity contribution is 0.143. The number of hydrogen-bond acceptors (Lipinski definition) is 7. The monoisotopic (exact) mass is 468 g/mol. The highest BCUT2D eigenvalue weighted by Crippen LogP contribution is 2.32. The number of benzene rings is 1. The molecule has 3 heterocycles. The fourth-order valence-electron chi connectivity index (χ4n) is 4.12. The van der Waals surface area contributed by atoms with E-state index in [0.29, 0.717) is 55.4 Å². The third kappa shape index (κ3) is 5.14. The Balaban J connectivity index is 1.40.